The number of hydrogen-bond acceptors (Lipinski definition) is 3. The number of halogens is 3. The number of alkyl halides is 3. The summed E-state index contributed by atoms with van der Waals surface area (Å²) in [5.74, 6) is -0.320. The summed E-state index contributed by atoms with van der Waals surface area (Å²) in [5, 5.41) is 3.04. The fourth-order valence-electron chi connectivity index (χ4n) is 2.72. The molecule has 0 aliphatic rings. The van der Waals surface area contributed by atoms with Crippen molar-refractivity contribution in [3.63, 3.8) is 0 Å². The molecule has 0 unspecified atom stereocenters. The van der Waals surface area contributed by atoms with Gasteiger partial charge in [-0.25, -0.2) is 0 Å². The zero-order chi connectivity index (χ0) is 19.8. The number of hydrogen-bond donors (Lipinski definition) is 1. The van der Waals surface area contributed by atoms with Gasteiger partial charge in [-0.05, 0) is 42.5 Å². The lowest BCUT2D eigenvalue weighted by Gasteiger charge is -2.08. The summed E-state index contributed by atoms with van der Waals surface area (Å²) in [4.78, 5) is 24.5. The maximum atomic E-state index is 12.6. The van der Waals surface area contributed by atoms with E-state index in [1.807, 2.05) is 0 Å². The fourth-order valence-corrected chi connectivity index (χ4v) is 2.72. The highest BCUT2D eigenvalue weighted by Crippen LogP contribution is 2.30. The van der Waals surface area contributed by atoms with Crippen LogP contribution in [0.1, 0.15) is 27.6 Å². The molecule has 0 spiro atoms. The Morgan fingerprint density at radius 1 is 1.07 bits per heavy atom. The minimum atomic E-state index is -4.45. The molecule has 0 atom stereocenters. The Morgan fingerprint density at radius 3 is 2.30 bits per heavy atom. The van der Waals surface area contributed by atoms with E-state index in [9.17, 15) is 22.8 Å². The van der Waals surface area contributed by atoms with Crippen LogP contribution in [0.3, 0.4) is 0 Å². The van der Waals surface area contributed by atoms with Crippen molar-refractivity contribution in [2.45, 2.75) is 13.1 Å². The Kier molecular flexibility index (Phi) is 4.65. The van der Waals surface area contributed by atoms with Crippen LogP contribution in [-0.2, 0) is 6.18 Å². The number of nitrogens with one attached hydrogen (secondary N) is 1. The van der Waals surface area contributed by atoms with E-state index in [2.05, 4.69) is 5.32 Å². The summed E-state index contributed by atoms with van der Waals surface area (Å²) in [5.41, 5.74) is 0.137. The second-order valence-corrected chi connectivity index (χ2v) is 5.84. The molecule has 0 bridgehead atoms. The summed E-state index contributed by atoms with van der Waals surface area (Å²) in [6.45, 7) is 1.36. The maximum absolute atomic E-state index is 12.6. The van der Waals surface area contributed by atoms with Gasteiger partial charge in [0.15, 0.2) is 0 Å². The molecule has 0 radical (unpaired) electrons. The standard InChI is InChI=1S/C19H15F3N2O3/c1-11(25)24-10-16(15-9-14(27-2)7-8-17(15)24)18(26)23-13-5-3-12(4-6-13)19(20,21)22/h3-10H,1-2H3,(H,23,26). The SMILES string of the molecule is COc1ccc2c(c1)c(C(=O)Nc1ccc(C(F)(F)F)cc1)cn2C(C)=O. The monoisotopic (exact) mass is 376 g/mol. The number of benzene rings is 2. The Hall–Kier alpha value is -3.29. The zero-order valence-corrected chi connectivity index (χ0v) is 14.4. The number of carbonyl (C=O) groups excluding carboxylic acids is 2. The molecule has 1 heterocycles. The minimum absolute atomic E-state index is 0.207. The van der Waals surface area contributed by atoms with E-state index >= 15 is 0 Å². The van der Waals surface area contributed by atoms with Gasteiger partial charge >= 0.3 is 6.18 Å². The molecule has 8 heteroatoms. The molecule has 0 fully saturated rings. The van der Waals surface area contributed by atoms with Crippen LogP contribution in [0.15, 0.2) is 48.7 Å². The average Bonchev–Trinajstić information content (AvgIpc) is 3.00. The molecule has 140 valence electrons. The third-order valence-corrected chi connectivity index (χ3v) is 4.07. The Morgan fingerprint density at radius 2 is 1.74 bits per heavy atom. The summed E-state index contributed by atoms with van der Waals surface area (Å²) in [6, 6.07) is 9.06. The number of carbonyl (C=O) groups is 2. The number of ether oxygens (including phenoxy) is 1. The predicted molar refractivity (Wildman–Crippen MR) is 94.2 cm³/mol. The molecule has 0 saturated carbocycles. The molecule has 1 amide bonds. The van der Waals surface area contributed by atoms with Crippen LogP contribution in [0.2, 0.25) is 0 Å². The van der Waals surface area contributed by atoms with Gasteiger partial charge in [0.05, 0.1) is 23.8 Å². The van der Waals surface area contributed by atoms with Crippen molar-refractivity contribution in [3.8, 4) is 5.75 Å². The van der Waals surface area contributed by atoms with Crippen LogP contribution in [0, 0.1) is 0 Å². The lowest BCUT2D eigenvalue weighted by Crippen LogP contribution is -2.12. The molecule has 1 aromatic heterocycles. The first-order valence-electron chi connectivity index (χ1n) is 7.89. The third kappa shape index (κ3) is 3.64. The molecule has 5 nitrogen and oxygen atoms in total. The molecule has 3 rings (SSSR count). The van der Waals surface area contributed by atoms with Gasteiger partial charge in [-0.2, -0.15) is 13.2 Å². The summed E-state index contributed by atoms with van der Waals surface area (Å²) < 4.78 is 44.4. The number of rotatable bonds is 3. The van der Waals surface area contributed by atoms with Crippen molar-refractivity contribution in [3.05, 3.63) is 59.8 Å². The van der Waals surface area contributed by atoms with Gasteiger partial charge in [0.1, 0.15) is 5.75 Å². The van der Waals surface area contributed by atoms with Gasteiger partial charge in [-0.1, -0.05) is 0 Å². The van der Waals surface area contributed by atoms with Gasteiger partial charge < -0.3 is 10.1 Å². The molecular formula is C19H15F3N2O3. The smallest absolute Gasteiger partial charge is 0.416 e. The number of anilines is 1. The second-order valence-electron chi connectivity index (χ2n) is 5.84. The van der Waals surface area contributed by atoms with Crippen LogP contribution < -0.4 is 10.1 Å². The molecule has 2 aromatic carbocycles. The fraction of sp³-hybridized carbons (Fsp3) is 0.158. The maximum Gasteiger partial charge on any atom is 0.416 e. The second kappa shape index (κ2) is 6.79. The largest absolute Gasteiger partial charge is 0.497 e. The summed E-state index contributed by atoms with van der Waals surface area (Å²) in [6.07, 6.45) is -3.06. The van der Waals surface area contributed by atoms with Crippen molar-refractivity contribution in [2.24, 2.45) is 0 Å². The number of fused-ring (bicyclic) bond motifs is 1. The highest BCUT2D eigenvalue weighted by Gasteiger charge is 2.30. The third-order valence-electron chi connectivity index (χ3n) is 4.07. The lowest BCUT2D eigenvalue weighted by molar-refractivity contribution is -0.137. The topological polar surface area (TPSA) is 60.3 Å². The number of methoxy groups -OCH3 is 1. The number of amides is 1. The van der Waals surface area contributed by atoms with Crippen LogP contribution >= 0.6 is 0 Å². The van der Waals surface area contributed by atoms with Gasteiger partial charge in [0, 0.05) is 24.2 Å². The minimum Gasteiger partial charge on any atom is -0.497 e. The van der Waals surface area contributed by atoms with Crippen molar-refractivity contribution in [1.82, 2.24) is 4.57 Å². The van der Waals surface area contributed by atoms with Crippen molar-refractivity contribution in [1.29, 1.82) is 0 Å². The highest BCUT2D eigenvalue weighted by molar-refractivity contribution is 6.14. The van der Waals surface area contributed by atoms with E-state index in [0.29, 0.717) is 16.7 Å². The molecular weight excluding hydrogens is 361 g/mol. The Balaban J connectivity index is 1.96. The Labute approximate surface area is 152 Å². The first-order chi connectivity index (χ1) is 12.7. The summed E-state index contributed by atoms with van der Waals surface area (Å²) in [7, 11) is 1.48. The summed E-state index contributed by atoms with van der Waals surface area (Å²) >= 11 is 0. The molecule has 27 heavy (non-hydrogen) atoms. The quantitative estimate of drug-likeness (QED) is 0.728. The van der Waals surface area contributed by atoms with E-state index in [1.54, 1.807) is 18.2 Å². The average molecular weight is 376 g/mol. The van der Waals surface area contributed by atoms with E-state index in [4.69, 9.17) is 4.74 Å². The molecule has 0 saturated heterocycles. The van der Waals surface area contributed by atoms with E-state index in [1.165, 1.54) is 36.9 Å². The Bertz CT molecular complexity index is 1020. The first-order valence-corrected chi connectivity index (χ1v) is 7.89. The molecule has 3 aromatic rings. The van der Waals surface area contributed by atoms with Crippen molar-refractivity contribution >= 4 is 28.4 Å². The van der Waals surface area contributed by atoms with Gasteiger partial charge in [-0.15, -0.1) is 0 Å². The highest BCUT2D eigenvalue weighted by atomic mass is 19.4. The van der Waals surface area contributed by atoms with Gasteiger partial charge in [0.25, 0.3) is 5.91 Å². The zero-order valence-electron chi connectivity index (χ0n) is 14.4. The van der Waals surface area contributed by atoms with Crippen LogP contribution in [0.5, 0.6) is 5.75 Å². The molecule has 0 aliphatic heterocycles. The predicted octanol–water partition coefficient (Wildman–Crippen LogP) is 4.58. The van der Waals surface area contributed by atoms with Crippen LogP contribution in [0.4, 0.5) is 18.9 Å². The van der Waals surface area contributed by atoms with Crippen molar-refractivity contribution in [2.75, 3.05) is 12.4 Å². The van der Waals surface area contributed by atoms with E-state index < -0.39 is 17.6 Å². The normalized spacial score (nSPS) is 11.4. The van der Waals surface area contributed by atoms with E-state index in [-0.39, 0.29) is 17.2 Å². The van der Waals surface area contributed by atoms with Gasteiger partial charge in [-0.3, -0.25) is 14.2 Å². The molecule has 0 aliphatic carbocycles. The molecule has 1 N–H and O–H groups in total. The van der Waals surface area contributed by atoms with Crippen LogP contribution in [0.25, 0.3) is 10.9 Å². The first kappa shape index (κ1) is 18.5. The van der Waals surface area contributed by atoms with Crippen molar-refractivity contribution < 1.29 is 27.5 Å². The van der Waals surface area contributed by atoms with Gasteiger partial charge in [0.2, 0.25) is 5.91 Å². The number of nitrogens with zero attached hydrogens (tertiary/aromatic N) is 1. The lowest BCUT2D eigenvalue weighted by atomic mass is 10.1. The number of aromatic nitrogens is 1. The van der Waals surface area contributed by atoms with E-state index in [0.717, 1.165) is 12.1 Å². The van der Waals surface area contributed by atoms with Crippen LogP contribution in [-0.4, -0.2) is 23.5 Å².